The summed E-state index contributed by atoms with van der Waals surface area (Å²) in [6.45, 7) is 8.96. The van der Waals surface area contributed by atoms with Gasteiger partial charge in [-0.15, -0.1) is 15.0 Å². The second kappa shape index (κ2) is 10.8. The van der Waals surface area contributed by atoms with E-state index in [4.69, 9.17) is 14.9 Å². The molecule has 4 aliphatic carbocycles. The van der Waals surface area contributed by atoms with Gasteiger partial charge >= 0.3 is 0 Å². The Kier molecular flexibility index (Phi) is 6.93. The molecule has 2 bridgehead atoms. The number of hydrogen-bond acceptors (Lipinski definition) is 10. The standard InChI is InChI=1S/C35H41N9O5/c1-6-23-26(35-8-10-42(13-21(35)12-35)32(48)28-29(46)20(4)37-18-38-28)30(47)27-31(41-44(40-27)22-7-9-36-25(11-22)49-5)43(23)14-24(45)39-34-15-33(16-34,17-34)19(2)3/h7,9,11,18-19,21,46H,6,8,10,12-17H2,1-5H3,(H,39,45)/t21-,33?,34?,35-/m1/s1. The molecule has 0 spiro atoms. The quantitative estimate of drug-likeness (QED) is 0.271. The second-order valence-corrected chi connectivity index (χ2v) is 14.9. The number of hydrogen-bond donors (Lipinski definition) is 2. The normalized spacial score (nSPS) is 26.6. The number of methoxy groups -OCH3 is 1. The molecule has 4 saturated carbocycles. The van der Waals surface area contributed by atoms with Crippen molar-refractivity contribution in [3.05, 3.63) is 57.5 Å². The predicted octanol–water partition coefficient (Wildman–Crippen LogP) is 2.85. The summed E-state index contributed by atoms with van der Waals surface area (Å²) in [6.07, 6.45) is 7.66. The van der Waals surface area contributed by atoms with E-state index in [0.717, 1.165) is 31.4 Å². The third kappa shape index (κ3) is 4.66. The molecule has 256 valence electrons. The number of carbonyl (C=O) groups excluding carboxylic acids is 2. The van der Waals surface area contributed by atoms with Gasteiger partial charge in [0.25, 0.3) is 5.91 Å². The van der Waals surface area contributed by atoms with Crippen molar-refractivity contribution in [3.63, 3.8) is 0 Å². The average Bonchev–Trinajstić information content (AvgIpc) is 3.61. The van der Waals surface area contributed by atoms with Crippen molar-refractivity contribution < 1.29 is 19.4 Å². The van der Waals surface area contributed by atoms with E-state index in [1.54, 1.807) is 30.2 Å². The highest BCUT2D eigenvalue weighted by Crippen LogP contribution is 2.70. The Labute approximate surface area is 282 Å². The Balaban J connectivity index is 1.16. The van der Waals surface area contributed by atoms with Crippen molar-refractivity contribution >= 4 is 23.0 Å². The van der Waals surface area contributed by atoms with Gasteiger partial charge in [0, 0.05) is 47.6 Å². The van der Waals surface area contributed by atoms with Gasteiger partial charge in [0.15, 0.2) is 22.6 Å². The molecule has 49 heavy (non-hydrogen) atoms. The predicted molar refractivity (Wildman–Crippen MR) is 178 cm³/mol. The van der Waals surface area contributed by atoms with E-state index in [0.29, 0.717) is 65.7 Å². The Morgan fingerprint density at radius 3 is 2.63 bits per heavy atom. The molecule has 0 radical (unpaired) electrons. The number of ether oxygens (including phenoxy) is 1. The lowest BCUT2D eigenvalue weighted by atomic mass is 9.36. The van der Waals surface area contributed by atoms with Crippen LogP contribution in [-0.2, 0) is 23.2 Å². The molecule has 5 heterocycles. The van der Waals surface area contributed by atoms with E-state index < -0.39 is 5.41 Å². The summed E-state index contributed by atoms with van der Waals surface area (Å²) in [5.74, 6) is 0.325. The summed E-state index contributed by atoms with van der Waals surface area (Å²) in [5, 5.41) is 23.3. The number of likely N-dealkylation sites (tertiary alicyclic amines) is 1. The average molecular weight is 668 g/mol. The van der Waals surface area contributed by atoms with Gasteiger partial charge in [-0.3, -0.25) is 14.4 Å². The first-order valence-corrected chi connectivity index (χ1v) is 17.1. The highest BCUT2D eigenvalue weighted by Gasteiger charge is 2.69. The van der Waals surface area contributed by atoms with E-state index in [-0.39, 0.29) is 52.2 Å². The zero-order chi connectivity index (χ0) is 34.5. The third-order valence-electron chi connectivity index (χ3n) is 11.9. The summed E-state index contributed by atoms with van der Waals surface area (Å²) >= 11 is 0. The van der Waals surface area contributed by atoms with Gasteiger partial charge in [-0.2, -0.15) is 0 Å². The van der Waals surface area contributed by atoms with Crippen LogP contribution >= 0.6 is 0 Å². The number of pyridine rings is 2. The minimum Gasteiger partial charge on any atom is -0.504 e. The number of nitrogens with one attached hydrogen (secondary N) is 1. The van der Waals surface area contributed by atoms with Gasteiger partial charge in [0.1, 0.15) is 12.9 Å². The molecule has 14 nitrogen and oxygen atoms in total. The molecule has 0 unspecified atom stereocenters. The summed E-state index contributed by atoms with van der Waals surface area (Å²) in [6, 6.07) is 3.42. The molecule has 1 saturated heterocycles. The monoisotopic (exact) mass is 667 g/mol. The fourth-order valence-electron chi connectivity index (χ4n) is 9.04. The summed E-state index contributed by atoms with van der Waals surface area (Å²) < 4.78 is 7.19. The fraction of sp³-hybridized carbons (Fsp3) is 0.543. The topological polar surface area (TPSA) is 170 Å². The van der Waals surface area contributed by atoms with Gasteiger partial charge in [-0.25, -0.2) is 15.0 Å². The Morgan fingerprint density at radius 1 is 1.16 bits per heavy atom. The molecule has 5 aliphatic rings. The number of aromatic nitrogens is 7. The number of fused-ring (bicyclic) bond motifs is 2. The zero-order valence-corrected chi connectivity index (χ0v) is 28.5. The molecule has 0 aromatic carbocycles. The number of rotatable bonds is 9. The number of amides is 2. The highest BCUT2D eigenvalue weighted by molar-refractivity contribution is 5.95. The summed E-state index contributed by atoms with van der Waals surface area (Å²) in [7, 11) is 1.53. The van der Waals surface area contributed by atoms with Gasteiger partial charge in [-0.05, 0) is 68.8 Å². The fourth-order valence-corrected chi connectivity index (χ4v) is 9.04. The smallest absolute Gasteiger partial charge is 0.276 e. The molecular weight excluding hydrogens is 626 g/mol. The molecule has 5 fully saturated rings. The number of aryl methyl sites for hydroxylation is 1. The van der Waals surface area contributed by atoms with Crippen molar-refractivity contribution in [1.29, 1.82) is 0 Å². The van der Waals surface area contributed by atoms with Crippen LogP contribution in [0.25, 0.3) is 16.9 Å². The lowest BCUT2D eigenvalue weighted by molar-refractivity contribution is -0.187. The molecule has 14 heteroatoms. The molecule has 4 aromatic heterocycles. The number of aromatic hydroxyl groups is 1. The number of nitrogens with zero attached hydrogens (tertiary/aromatic N) is 8. The van der Waals surface area contributed by atoms with Crippen LogP contribution in [0.15, 0.2) is 29.5 Å². The molecule has 4 aromatic rings. The van der Waals surface area contributed by atoms with Gasteiger partial charge in [-0.1, -0.05) is 20.8 Å². The van der Waals surface area contributed by atoms with E-state index in [1.807, 2.05) is 11.5 Å². The van der Waals surface area contributed by atoms with E-state index in [9.17, 15) is 19.5 Å². The van der Waals surface area contributed by atoms with Crippen molar-refractivity contribution in [2.24, 2.45) is 17.3 Å². The Hall–Kier alpha value is -4.88. The summed E-state index contributed by atoms with van der Waals surface area (Å²) in [5.41, 5.74) is 2.42. The van der Waals surface area contributed by atoms with Crippen molar-refractivity contribution in [3.8, 4) is 17.3 Å². The van der Waals surface area contributed by atoms with Crippen LogP contribution in [-0.4, -0.2) is 82.1 Å². The SMILES string of the molecule is CCc1c([C@@]23CCN(C(=O)c4ncnc(C)c4O)C[C@H]2C3)c(=O)c2nn(-c3ccnc(OC)c3)nc2n1CC(=O)NC12CC(C(C)C)(C1)C2. The van der Waals surface area contributed by atoms with Crippen molar-refractivity contribution in [2.75, 3.05) is 20.2 Å². The van der Waals surface area contributed by atoms with Crippen molar-refractivity contribution in [1.82, 2.24) is 44.7 Å². The van der Waals surface area contributed by atoms with Crippen LogP contribution in [0.4, 0.5) is 0 Å². The number of carbonyl (C=O) groups is 2. The molecule has 2 atom stereocenters. The van der Waals surface area contributed by atoms with Crippen LogP contribution in [0.2, 0.25) is 0 Å². The zero-order valence-electron chi connectivity index (χ0n) is 28.5. The maximum Gasteiger partial charge on any atom is 0.276 e. The Bertz CT molecular complexity index is 2080. The lowest BCUT2D eigenvalue weighted by Gasteiger charge is -2.72. The first kappa shape index (κ1) is 31.4. The Morgan fingerprint density at radius 2 is 1.94 bits per heavy atom. The maximum atomic E-state index is 14.6. The van der Waals surface area contributed by atoms with Gasteiger partial charge in [0.05, 0.1) is 18.5 Å². The van der Waals surface area contributed by atoms with Crippen LogP contribution in [0, 0.1) is 24.2 Å². The lowest BCUT2D eigenvalue weighted by Crippen LogP contribution is -2.76. The molecule has 2 amide bonds. The minimum atomic E-state index is -0.462. The van der Waals surface area contributed by atoms with Crippen molar-refractivity contribution in [2.45, 2.75) is 83.7 Å². The maximum absolute atomic E-state index is 14.6. The van der Waals surface area contributed by atoms with E-state index in [1.165, 1.54) is 18.2 Å². The molecule has 9 rings (SSSR count). The first-order valence-electron chi connectivity index (χ1n) is 17.1. The van der Waals surface area contributed by atoms with Gasteiger partial charge in [0.2, 0.25) is 17.2 Å². The van der Waals surface area contributed by atoms with Crippen LogP contribution < -0.4 is 15.5 Å². The second-order valence-electron chi connectivity index (χ2n) is 14.9. The minimum absolute atomic E-state index is 0.0133. The number of piperidine rings is 1. The third-order valence-corrected chi connectivity index (χ3v) is 11.9. The first-order chi connectivity index (χ1) is 23.4. The molecule has 2 N–H and O–H groups in total. The van der Waals surface area contributed by atoms with Crippen LogP contribution in [0.3, 0.4) is 0 Å². The van der Waals surface area contributed by atoms with Gasteiger partial charge < -0.3 is 24.6 Å². The molecular formula is C35H41N9O5. The van der Waals surface area contributed by atoms with E-state index in [2.05, 4.69) is 34.1 Å². The van der Waals surface area contributed by atoms with Crippen LogP contribution in [0.1, 0.15) is 80.3 Å². The highest BCUT2D eigenvalue weighted by atomic mass is 16.5. The molecule has 1 aliphatic heterocycles. The van der Waals surface area contributed by atoms with E-state index >= 15 is 0 Å². The largest absolute Gasteiger partial charge is 0.504 e. The summed E-state index contributed by atoms with van der Waals surface area (Å²) in [4.78, 5) is 57.1. The van der Waals surface area contributed by atoms with Crippen LogP contribution in [0.5, 0.6) is 11.6 Å².